The van der Waals surface area contributed by atoms with Gasteiger partial charge in [-0.2, -0.15) is 0 Å². The minimum atomic E-state index is 0.480. The Morgan fingerprint density at radius 3 is 2.88 bits per heavy atom. The standard InChI is InChI=1S/C19H28N4O2S/c1-15(12-17-7-5-11-26-17)13-22-19(20-2)23-14-16-6-4-8-21-18(16)25-10-9-24-3/h4-8,11,15H,9-10,12-14H2,1-3H3,(H2,20,22,23). The van der Waals surface area contributed by atoms with Crippen LogP contribution >= 0.6 is 11.3 Å². The second-order valence-electron chi connectivity index (χ2n) is 6.00. The molecule has 2 aromatic rings. The van der Waals surface area contributed by atoms with Crippen LogP contribution in [0.4, 0.5) is 0 Å². The maximum atomic E-state index is 5.67. The first-order chi connectivity index (χ1) is 12.7. The third-order valence-electron chi connectivity index (χ3n) is 3.79. The van der Waals surface area contributed by atoms with E-state index in [2.05, 4.69) is 45.0 Å². The first-order valence-corrected chi connectivity index (χ1v) is 9.63. The summed E-state index contributed by atoms with van der Waals surface area (Å²) in [7, 11) is 3.43. The molecule has 0 bridgehead atoms. The summed E-state index contributed by atoms with van der Waals surface area (Å²) in [5.41, 5.74) is 0.984. The predicted molar refractivity (Wildman–Crippen MR) is 107 cm³/mol. The highest BCUT2D eigenvalue weighted by Crippen LogP contribution is 2.15. The Kier molecular flexibility index (Phi) is 8.92. The number of aromatic nitrogens is 1. The molecule has 0 amide bonds. The van der Waals surface area contributed by atoms with Gasteiger partial charge < -0.3 is 20.1 Å². The van der Waals surface area contributed by atoms with Crippen molar-refractivity contribution >= 4 is 17.3 Å². The van der Waals surface area contributed by atoms with Crippen LogP contribution < -0.4 is 15.4 Å². The van der Waals surface area contributed by atoms with Crippen molar-refractivity contribution in [2.45, 2.75) is 19.9 Å². The van der Waals surface area contributed by atoms with Crippen LogP contribution in [0.3, 0.4) is 0 Å². The largest absolute Gasteiger partial charge is 0.475 e. The lowest BCUT2D eigenvalue weighted by Gasteiger charge is -2.16. The van der Waals surface area contributed by atoms with Crippen molar-refractivity contribution in [1.29, 1.82) is 0 Å². The van der Waals surface area contributed by atoms with Crippen molar-refractivity contribution in [3.05, 3.63) is 46.3 Å². The van der Waals surface area contributed by atoms with Crippen molar-refractivity contribution in [2.75, 3.05) is 33.9 Å². The molecule has 0 spiro atoms. The van der Waals surface area contributed by atoms with Gasteiger partial charge >= 0.3 is 0 Å². The summed E-state index contributed by atoms with van der Waals surface area (Å²) in [5.74, 6) is 1.92. The summed E-state index contributed by atoms with van der Waals surface area (Å²) in [4.78, 5) is 10.00. The zero-order valence-electron chi connectivity index (χ0n) is 15.7. The molecule has 0 saturated carbocycles. The number of guanidine groups is 1. The minimum absolute atomic E-state index is 0.480. The second kappa shape index (κ2) is 11.5. The zero-order valence-corrected chi connectivity index (χ0v) is 16.5. The van der Waals surface area contributed by atoms with Crippen LogP contribution in [0.15, 0.2) is 40.8 Å². The van der Waals surface area contributed by atoms with Gasteiger partial charge in [-0.15, -0.1) is 11.3 Å². The topological polar surface area (TPSA) is 67.8 Å². The van der Waals surface area contributed by atoms with Crippen molar-refractivity contribution in [2.24, 2.45) is 10.9 Å². The maximum absolute atomic E-state index is 5.67. The zero-order chi connectivity index (χ0) is 18.6. The molecule has 0 fully saturated rings. The monoisotopic (exact) mass is 376 g/mol. The molecule has 1 atom stereocenters. The lowest BCUT2D eigenvalue weighted by atomic mass is 10.1. The molecule has 0 aliphatic carbocycles. The fraction of sp³-hybridized carbons (Fsp3) is 0.474. The van der Waals surface area contributed by atoms with E-state index in [0.717, 1.165) is 24.5 Å². The van der Waals surface area contributed by atoms with E-state index >= 15 is 0 Å². The van der Waals surface area contributed by atoms with Crippen LogP contribution in [-0.2, 0) is 17.7 Å². The number of pyridine rings is 1. The van der Waals surface area contributed by atoms with E-state index in [1.54, 1.807) is 31.7 Å². The number of hydrogen-bond donors (Lipinski definition) is 2. The van der Waals surface area contributed by atoms with E-state index in [1.165, 1.54) is 4.88 Å². The van der Waals surface area contributed by atoms with Crippen LogP contribution in [0.5, 0.6) is 5.88 Å². The molecule has 26 heavy (non-hydrogen) atoms. The van der Waals surface area contributed by atoms with Gasteiger partial charge in [0.2, 0.25) is 5.88 Å². The predicted octanol–water partition coefficient (Wildman–Crippen LogP) is 2.71. The minimum Gasteiger partial charge on any atom is -0.475 e. The number of nitrogens with one attached hydrogen (secondary N) is 2. The first kappa shape index (κ1) is 20.2. The molecule has 142 valence electrons. The van der Waals surface area contributed by atoms with Gasteiger partial charge in [0, 0.05) is 43.9 Å². The Labute approximate surface area is 159 Å². The quantitative estimate of drug-likeness (QED) is 0.379. The summed E-state index contributed by atoms with van der Waals surface area (Å²) < 4.78 is 10.7. The number of aliphatic imine (C=N–C) groups is 1. The summed E-state index contributed by atoms with van der Waals surface area (Å²) in [6, 6.07) is 8.18. The summed E-state index contributed by atoms with van der Waals surface area (Å²) in [6.45, 7) is 4.71. The lowest BCUT2D eigenvalue weighted by molar-refractivity contribution is 0.143. The van der Waals surface area contributed by atoms with Gasteiger partial charge in [0.05, 0.1) is 6.61 Å². The molecular weight excluding hydrogens is 348 g/mol. The first-order valence-electron chi connectivity index (χ1n) is 8.75. The Bertz CT molecular complexity index is 661. The van der Waals surface area contributed by atoms with Crippen LogP contribution in [0.1, 0.15) is 17.4 Å². The Hall–Kier alpha value is -2.12. The van der Waals surface area contributed by atoms with E-state index in [1.807, 2.05) is 12.1 Å². The molecule has 2 N–H and O–H groups in total. The Balaban J connectivity index is 1.79. The smallest absolute Gasteiger partial charge is 0.218 e. The van der Waals surface area contributed by atoms with Crippen LogP contribution in [0, 0.1) is 5.92 Å². The molecule has 2 rings (SSSR count). The molecule has 0 aliphatic heterocycles. The van der Waals surface area contributed by atoms with Gasteiger partial charge in [-0.1, -0.05) is 19.1 Å². The number of thiophene rings is 1. The highest BCUT2D eigenvalue weighted by molar-refractivity contribution is 7.09. The summed E-state index contributed by atoms with van der Waals surface area (Å²) in [6.07, 6.45) is 2.80. The van der Waals surface area contributed by atoms with Crippen LogP contribution in [-0.4, -0.2) is 44.9 Å². The molecule has 0 aliphatic rings. The van der Waals surface area contributed by atoms with E-state index < -0.39 is 0 Å². The molecule has 1 unspecified atom stereocenters. The molecule has 6 nitrogen and oxygen atoms in total. The molecule has 0 saturated heterocycles. The average molecular weight is 377 g/mol. The number of ether oxygens (including phenoxy) is 2. The SMILES string of the molecule is CN=C(NCc1cccnc1OCCOC)NCC(C)Cc1cccs1. The maximum Gasteiger partial charge on any atom is 0.218 e. The molecule has 7 heteroatoms. The summed E-state index contributed by atoms with van der Waals surface area (Å²) in [5, 5.41) is 8.83. The third-order valence-corrected chi connectivity index (χ3v) is 4.69. The van der Waals surface area contributed by atoms with Gasteiger partial charge in [-0.3, -0.25) is 4.99 Å². The molecule has 0 aromatic carbocycles. The highest BCUT2D eigenvalue weighted by Gasteiger charge is 2.08. The van der Waals surface area contributed by atoms with Crippen molar-refractivity contribution < 1.29 is 9.47 Å². The summed E-state index contributed by atoms with van der Waals surface area (Å²) >= 11 is 1.81. The van der Waals surface area contributed by atoms with Gasteiger partial charge in [-0.05, 0) is 29.9 Å². The Morgan fingerprint density at radius 1 is 1.27 bits per heavy atom. The van der Waals surface area contributed by atoms with E-state index in [-0.39, 0.29) is 0 Å². The highest BCUT2D eigenvalue weighted by atomic mass is 32.1. The average Bonchev–Trinajstić information content (AvgIpc) is 3.16. The number of rotatable bonds is 10. The van der Waals surface area contributed by atoms with Crippen LogP contribution in [0.2, 0.25) is 0 Å². The van der Waals surface area contributed by atoms with E-state index in [9.17, 15) is 0 Å². The van der Waals surface area contributed by atoms with Gasteiger partial charge in [0.25, 0.3) is 0 Å². The molecule has 2 aromatic heterocycles. The number of methoxy groups -OCH3 is 1. The fourth-order valence-electron chi connectivity index (χ4n) is 2.43. The van der Waals surface area contributed by atoms with Crippen molar-refractivity contribution in [3.8, 4) is 5.88 Å². The second-order valence-corrected chi connectivity index (χ2v) is 7.04. The van der Waals surface area contributed by atoms with Gasteiger partial charge in [-0.25, -0.2) is 4.98 Å². The number of hydrogen-bond acceptors (Lipinski definition) is 5. The lowest BCUT2D eigenvalue weighted by Crippen LogP contribution is -2.39. The molecule has 2 heterocycles. The van der Waals surface area contributed by atoms with Gasteiger partial charge in [0.1, 0.15) is 6.61 Å². The normalized spacial score (nSPS) is 12.7. The van der Waals surface area contributed by atoms with Crippen molar-refractivity contribution in [1.82, 2.24) is 15.6 Å². The van der Waals surface area contributed by atoms with E-state index in [4.69, 9.17) is 9.47 Å². The number of nitrogens with zero attached hydrogens (tertiary/aromatic N) is 2. The van der Waals surface area contributed by atoms with Crippen LogP contribution in [0.25, 0.3) is 0 Å². The fourth-order valence-corrected chi connectivity index (χ4v) is 3.29. The van der Waals surface area contributed by atoms with E-state index in [0.29, 0.717) is 31.6 Å². The molecule has 0 radical (unpaired) electrons. The Morgan fingerprint density at radius 2 is 2.15 bits per heavy atom. The molecular formula is C19H28N4O2S. The third kappa shape index (κ3) is 7.01. The van der Waals surface area contributed by atoms with Crippen molar-refractivity contribution in [3.63, 3.8) is 0 Å². The van der Waals surface area contributed by atoms with Gasteiger partial charge in [0.15, 0.2) is 5.96 Å².